The van der Waals surface area contributed by atoms with E-state index in [1.807, 2.05) is 74.5 Å². The molecule has 1 N–H and O–H groups in total. The highest BCUT2D eigenvalue weighted by Crippen LogP contribution is 2.20. The molecule has 0 saturated heterocycles. The van der Waals surface area contributed by atoms with Crippen molar-refractivity contribution >= 4 is 17.7 Å². The van der Waals surface area contributed by atoms with Gasteiger partial charge in [-0.25, -0.2) is 0 Å². The van der Waals surface area contributed by atoms with Gasteiger partial charge in [0.15, 0.2) is 0 Å². The summed E-state index contributed by atoms with van der Waals surface area (Å²) in [4.78, 5) is 12.3. The molecule has 0 atom stereocenters. The van der Waals surface area contributed by atoms with E-state index in [4.69, 9.17) is 0 Å². The molecule has 23 heavy (non-hydrogen) atoms. The van der Waals surface area contributed by atoms with Crippen LogP contribution in [0.25, 0.3) is 6.08 Å². The quantitative estimate of drug-likeness (QED) is 0.517. The minimum atomic E-state index is -0.400. The molecule has 2 rings (SSSR count). The van der Waals surface area contributed by atoms with Crippen molar-refractivity contribution in [2.24, 2.45) is 0 Å². The van der Waals surface area contributed by atoms with E-state index in [9.17, 15) is 10.1 Å². The Morgan fingerprint density at radius 2 is 1.70 bits per heavy atom. The van der Waals surface area contributed by atoms with E-state index < -0.39 is 5.91 Å². The van der Waals surface area contributed by atoms with Crippen LogP contribution in [0.1, 0.15) is 16.7 Å². The first-order valence-electron chi connectivity index (χ1n) is 7.33. The number of rotatable bonds is 4. The van der Waals surface area contributed by atoms with Crippen molar-refractivity contribution in [2.75, 3.05) is 5.32 Å². The topological polar surface area (TPSA) is 52.9 Å². The van der Waals surface area contributed by atoms with Crippen LogP contribution in [-0.2, 0) is 4.79 Å². The third-order valence-corrected chi connectivity index (χ3v) is 3.44. The molecule has 0 aromatic heterocycles. The maximum atomic E-state index is 12.3. The fourth-order valence-electron chi connectivity index (χ4n) is 2.18. The van der Waals surface area contributed by atoms with Gasteiger partial charge in [0.1, 0.15) is 11.6 Å². The Morgan fingerprint density at radius 3 is 2.30 bits per heavy atom. The summed E-state index contributed by atoms with van der Waals surface area (Å²) in [5.41, 5.74) is 3.77. The first-order valence-corrected chi connectivity index (χ1v) is 7.33. The molecule has 0 unspecified atom stereocenters. The monoisotopic (exact) mass is 302 g/mol. The van der Waals surface area contributed by atoms with E-state index in [-0.39, 0.29) is 5.57 Å². The van der Waals surface area contributed by atoms with Gasteiger partial charge < -0.3 is 5.32 Å². The molecule has 114 valence electrons. The highest BCUT2D eigenvalue weighted by molar-refractivity contribution is 6.07. The number of allylic oxidation sites excluding steroid dienone is 2. The number of aryl methyl sites for hydroxylation is 2. The predicted octanol–water partition coefficient (Wildman–Crippen LogP) is 4.41. The zero-order chi connectivity index (χ0) is 16.7. The van der Waals surface area contributed by atoms with Crippen molar-refractivity contribution < 1.29 is 4.79 Å². The van der Waals surface area contributed by atoms with Gasteiger partial charge in [-0.15, -0.1) is 0 Å². The molecule has 0 heterocycles. The lowest BCUT2D eigenvalue weighted by Crippen LogP contribution is -2.15. The van der Waals surface area contributed by atoms with Crippen LogP contribution in [0.4, 0.5) is 5.69 Å². The molecule has 1 amide bonds. The predicted molar refractivity (Wildman–Crippen MR) is 93.7 cm³/mol. The first kappa shape index (κ1) is 16.3. The van der Waals surface area contributed by atoms with Gasteiger partial charge in [-0.1, -0.05) is 60.7 Å². The smallest absolute Gasteiger partial charge is 0.266 e. The normalized spacial score (nSPS) is 11.3. The van der Waals surface area contributed by atoms with Crippen molar-refractivity contribution in [3.05, 3.63) is 82.9 Å². The average Bonchev–Trinajstić information content (AvgIpc) is 2.56. The van der Waals surface area contributed by atoms with Crippen LogP contribution in [-0.4, -0.2) is 5.91 Å². The van der Waals surface area contributed by atoms with Crippen LogP contribution in [0.5, 0.6) is 0 Å². The van der Waals surface area contributed by atoms with Crippen molar-refractivity contribution in [2.45, 2.75) is 13.8 Å². The lowest BCUT2D eigenvalue weighted by molar-refractivity contribution is -0.112. The molecule has 2 aromatic carbocycles. The van der Waals surface area contributed by atoms with E-state index in [2.05, 4.69) is 5.32 Å². The largest absolute Gasteiger partial charge is 0.321 e. The summed E-state index contributed by atoms with van der Waals surface area (Å²) in [6.45, 7) is 3.85. The number of amides is 1. The average molecular weight is 302 g/mol. The molecule has 0 aliphatic heterocycles. The number of nitrogens with zero attached hydrogens (tertiary/aromatic N) is 1. The zero-order valence-electron chi connectivity index (χ0n) is 13.2. The Bertz CT molecular complexity index is 776. The fourth-order valence-corrected chi connectivity index (χ4v) is 2.18. The fraction of sp³-hybridized carbons (Fsp3) is 0.100. The van der Waals surface area contributed by atoms with Gasteiger partial charge in [-0.3, -0.25) is 4.79 Å². The SMILES string of the molecule is Cc1cccc(C)c1NC(=O)/C(C#N)=C/C=C/c1ccccc1. The highest BCUT2D eigenvalue weighted by atomic mass is 16.1. The molecule has 0 spiro atoms. The Hall–Kier alpha value is -3.12. The number of hydrogen-bond donors (Lipinski definition) is 1. The van der Waals surface area contributed by atoms with Crippen molar-refractivity contribution in [3.63, 3.8) is 0 Å². The Labute approximate surface area is 136 Å². The van der Waals surface area contributed by atoms with Crippen LogP contribution in [0, 0.1) is 25.2 Å². The summed E-state index contributed by atoms with van der Waals surface area (Å²) < 4.78 is 0. The van der Waals surface area contributed by atoms with Gasteiger partial charge in [0, 0.05) is 5.69 Å². The lowest BCUT2D eigenvalue weighted by Gasteiger charge is -2.10. The molecule has 0 saturated carbocycles. The van der Waals surface area contributed by atoms with Crippen molar-refractivity contribution in [3.8, 4) is 6.07 Å². The second kappa shape index (κ2) is 7.77. The third kappa shape index (κ3) is 4.42. The van der Waals surface area contributed by atoms with Crippen LogP contribution in [0.2, 0.25) is 0 Å². The Morgan fingerprint density at radius 1 is 1.04 bits per heavy atom. The van der Waals surface area contributed by atoms with E-state index in [1.165, 1.54) is 6.08 Å². The second-order valence-corrected chi connectivity index (χ2v) is 5.18. The number of nitrogens with one attached hydrogen (secondary N) is 1. The van der Waals surface area contributed by atoms with E-state index in [0.29, 0.717) is 0 Å². The number of carbonyl (C=O) groups is 1. The molecule has 3 nitrogen and oxygen atoms in total. The Kier molecular flexibility index (Phi) is 5.49. The van der Waals surface area contributed by atoms with Gasteiger partial charge in [-0.05, 0) is 36.6 Å². The zero-order valence-corrected chi connectivity index (χ0v) is 13.2. The summed E-state index contributed by atoms with van der Waals surface area (Å²) in [5.74, 6) is -0.400. The first-order chi connectivity index (χ1) is 11.1. The van der Waals surface area contributed by atoms with Crippen LogP contribution in [0.15, 0.2) is 66.3 Å². The van der Waals surface area contributed by atoms with E-state index in [0.717, 1.165) is 22.4 Å². The number of hydrogen-bond acceptors (Lipinski definition) is 2. The summed E-state index contributed by atoms with van der Waals surface area (Å²) in [6.07, 6.45) is 5.08. The standard InChI is InChI=1S/C20H18N2O/c1-15-8-6-9-16(2)19(15)22-20(23)18(14-21)13-7-12-17-10-4-3-5-11-17/h3-13H,1-2H3,(H,22,23)/b12-7+,18-13+. The molecule has 0 fully saturated rings. The number of anilines is 1. The van der Waals surface area contributed by atoms with E-state index >= 15 is 0 Å². The molecular formula is C20H18N2O. The molecule has 2 aromatic rings. The summed E-state index contributed by atoms with van der Waals surface area (Å²) >= 11 is 0. The maximum Gasteiger partial charge on any atom is 0.266 e. The van der Waals surface area contributed by atoms with Gasteiger partial charge in [0.05, 0.1) is 0 Å². The molecule has 3 heteroatoms. The van der Waals surface area contributed by atoms with Crippen LogP contribution >= 0.6 is 0 Å². The summed E-state index contributed by atoms with van der Waals surface area (Å²) in [5, 5.41) is 12.0. The van der Waals surface area contributed by atoms with Gasteiger partial charge >= 0.3 is 0 Å². The van der Waals surface area contributed by atoms with Crippen molar-refractivity contribution in [1.29, 1.82) is 5.26 Å². The molecule has 0 bridgehead atoms. The summed E-state index contributed by atoms with van der Waals surface area (Å²) in [7, 11) is 0. The van der Waals surface area contributed by atoms with Crippen LogP contribution < -0.4 is 5.32 Å². The molecule has 0 radical (unpaired) electrons. The number of carbonyl (C=O) groups excluding carboxylic acids is 1. The number of benzene rings is 2. The molecule has 0 aliphatic carbocycles. The lowest BCUT2D eigenvalue weighted by atomic mass is 10.1. The Balaban J connectivity index is 2.14. The molecular weight excluding hydrogens is 284 g/mol. The van der Waals surface area contributed by atoms with Crippen molar-refractivity contribution in [1.82, 2.24) is 0 Å². The van der Waals surface area contributed by atoms with Crippen LogP contribution in [0.3, 0.4) is 0 Å². The number of nitriles is 1. The summed E-state index contributed by atoms with van der Waals surface area (Å²) in [6, 6.07) is 17.4. The highest BCUT2D eigenvalue weighted by Gasteiger charge is 2.11. The molecule has 0 aliphatic rings. The van der Waals surface area contributed by atoms with Gasteiger partial charge in [0.25, 0.3) is 5.91 Å². The van der Waals surface area contributed by atoms with E-state index in [1.54, 1.807) is 6.08 Å². The minimum absolute atomic E-state index is 0.0693. The van der Waals surface area contributed by atoms with Gasteiger partial charge in [-0.2, -0.15) is 5.26 Å². The maximum absolute atomic E-state index is 12.3. The second-order valence-electron chi connectivity index (χ2n) is 5.18. The third-order valence-electron chi connectivity index (χ3n) is 3.44. The minimum Gasteiger partial charge on any atom is -0.321 e. The van der Waals surface area contributed by atoms with Gasteiger partial charge in [0.2, 0.25) is 0 Å². The number of para-hydroxylation sites is 1.